The van der Waals surface area contributed by atoms with E-state index in [0.717, 1.165) is 4.47 Å². The number of carbonyl (C=O) groups is 1. The molecule has 132 valence electrons. The zero-order chi connectivity index (χ0) is 18.0. The molecule has 0 spiro atoms. The van der Waals surface area contributed by atoms with E-state index < -0.39 is 10.0 Å². The molecule has 0 aromatic heterocycles. The van der Waals surface area contributed by atoms with E-state index in [1.165, 1.54) is 16.4 Å². The largest absolute Gasteiger partial charge is 0.336 e. The zero-order valence-corrected chi connectivity index (χ0v) is 16.4. The number of benzene rings is 2. The number of nitrogens with zero attached hydrogens (tertiary/aromatic N) is 2. The number of sulfonamides is 1. The van der Waals surface area contributed by atoms with E-state index in [4.69, 9.17) is 11.6 Å². The SMILES string of the molecule is O=C(c1ccc(Br)cc1)N1CCN(S(=O)(=O)c2ccc(Cl)cc2)CC1. The van der Waals surface area contributed by atoms with Gasteiger partial charge in [0.1, 0.15) is 0 Å². The summed E-state index contributed by atoms with van der Waals surface area (Å²) >= 11 is 9.15. The molecule has 0 N–H and O–H groups in total. The van der Waals surface area contributed by atoms with Crippen molar-refractivity contribution in [3.8, 4) is 0 Å². The fraction of sp³-hybridized carbons (Fsp3) is 0.235. The highest BCUT2D eigenvalue weighted by atomic mass is 79.9. The Morgan fingerprint density at radius 2 is 1.48 bits per heavy atom. The van der Waals surface area contributed by atoms with Crippen LogP contribution in [0.1, 0.15) is 10.4 Å². The molecule has 1 fully saturated rings. The van der Waals surface area contributed by atoms with Crippen LogP contribution in [-0.4, -0.2) is 49.7 Å². The van der Waals surface area contributed by atoms with Crippen LogP contribution in [0.4, 0.5) is 0 Å². The van der Waals surface area contributed by atoms with Gasteiger partial charge in [0.2, 0.25) is 10.0 Å². The first kappa shape index (κ1) is 18.4. The van der Waals surface area contributed by atoms with Gasteiger partial charge in [0, 0.05) is 41.2 Å². The minimum absolute atomic E-state index is 0.0870. The fourth-order valence-electron chi connectivity index (χ4n) is 2.66. The Balaban J connectivity index is 1.68. The van der Waals surface area contributed by atoms with E-state index in [0.29, 0.717) is 23.7 Å². The maximum absolute atomic E-state index is 12.7. The number of rotatable bonds is 3. The predicted octanol–water partition coefficient (Wildman–Crippen LogP) is 3.25. The lowest BCUT2D eigenvalue weighted by Gasteiger charge is -2.34. The van der Waals surface area contributed by atoms with E-state index in [-0.39, 0.29) is 23.9 Å². The smallest absolute Gasteiger partial charge is 0.253 e. The number of hydrogen-bond donors (Lipinski definition) is 0. The monoisotopic (exact) mass is 442 g/mol. The van der Waals surface area contributed by atoms with Crippen LogP contribution in [0.15, 0.2) is 57.9 Å². The van der Waals surface area contributed by atoms with Gasteiger partial charge in [0.15, 0.2) is 0 Å². The molecule has 0 aliphatic carbocycles. The number of halogens is 2. The van der Waals surface area contributed by atoms with Crippen LogP contribution < -0.4 is 0 Å². The highest BCUT2D eigenvalue weighted by molar-refractivity contribution is 9.10. The van der Waals surface area contributed by atoms with Crippen LogP contribution in [0.2, 0.25) is 5.02 Å². The molecular weight excluding hydrogens is 428 g/mol. The van der Waals surface area contributed by atoms with Gasteiger partial charge < -0.3 is 4.90 Å². The van der Waals surface area contributed by atoms with Crippen molar-refractivity contribution in [1.29, 1.82) is 0 Å². The summed E-state index contributed by atoms with van der Waals surface area (Å²) in [5.41, 5.74) is 0.595. The first-order chi connectivity index (χ1) is 11.9. The summed E-state index contributed by atoms with van der Waals surface area (Å²) in [6, 6.07) is 13.2. The zero-order valence-electron chi connectivity index (χ0n) is 13.2. The predicted molar refractivity (Wildman–Crippen MR) is 100 cm³/mol. The van der Waals surface area contributed by atoms with E-state index >= 15 is 0 Å². The molecule has 5 nitrogen and oxygen atoms in total. The summed E-state index contributed by atoms with van der Waals surface area (Å²) in [6.07, 6.45) is 0. The average molecular weight is 444 g/mol. The van der Waals surface area contributed by atoms with E-state index in [1.54, 1.807) is 29.2 Å². The van der Waals surface area contributed by atoms with Crippen LogP contribution in [0.3, 0.4) is 0 Å². The summed E-state index contributed by atoms with van der Waals surface area (Å²) in [7, 11) is -3.57. The molecule has 25 heavy (non-hydrogen) atoms. The Labute approximate surface area is 160 Å². The Kier molecular flexibility index (Phi) is 5.48. The minimum atomic E-state index is -3.57. The molecule has 1 amide bonds. The van der Waals surface area contributed by atoms with Crippen molar-refractivity contribution in [2.75, 3.05) is 26.2 Å². The minimum Gasteiger partial charge on any atom is -0.336 e. The van der Waals surface area contributed by atoms with Crippen molar-refractivity contribution in [1.82, 2.24) is 9.21 Å². The van der Waals surface area contributed by atoms with Crippen LogP contribution >= 0.6 is 27.5 Å². The van der Waals surface area contributed by atoms with Crippen molar-refractivity contribution in [2.45, 2.75) is 4.90 Å². The second-order valence-electron chi connectivity index (χ2n) is 5.66. The maximum atomic E-state index is 12.7. The first-order valence-electron chi connectivity index (χ1n) is 7.68. The lowest BCUT2D eigenvalue weighted by atomic mass is 10.2. The Bertz CT molecular complexity index is 862. The average Bonchev–Trinajstić information content (AvgIpc) is 2.62. The third-order valence-electron chi connectivity index (χ3n) is 4.07. The lowest BCUT2D eigenvalue weighted by Crippen LogP contribution is -2.50. The Morgan fingerprint density at radius 3 is 2.04 bits per heavy atom. The third kappa shape index (κ3) is 4.06. The molecule has 8 heteroatoms. The fourth-order valence-corrected chi connectivity index (χ4v) is 4.47. The van der Waals surface area contributed by atoms with Crippen molar-refractivity contribution in [3.05, 3.63) is 63.6 Å². The van der Waals surface area contributed by atoms with Gasteiger partial charge >= 0.3 is 0 Å². The molecule has 1 aliphatic rings. The molecule has 1 saturated heterocycles. The number of piperazine rings is 1. The molecular formula is C17H16BrClN2O3S. The van der Waals surface area contributed by atoms with Gasteiger partial charge in [-0.3, -0.25) is 4.79 Å². The van der Waals surface area contributed by atoms with Crippen LogP contribution in [0.25, 0.3) is 0 Å². The van der Waals surface area contributed by atoms with Gasteiger partial charge in [0.25, 0.3) is 5.91 Å². The first-order valence-corrected chi connectivity index (χ1v) is 10.3. The van der Waals surface area contributed by atoms with Crippen LogP contribution in [-0.2, 0) is 10.0 Å². The molecule has 2 aromatic carbocycles. The molecule has 0 bridgehead atoms. The van der Waals surface area contributed by atoms with Crippen LogP contribution in [0, 0.1) is 0 Å². The lowest BCUT2D eigenvalue weighted by molar-refractivity contribution is 0.0698. The standard InChI is InChI=1S/C17H16BrClN2O3S/c18-14-3-1-13(2-4-14)17(22)20-9-11-21(12-10-20)25(23,24)16-7-5-15(19)6-8-16/h1-8H,9-12H2. The van der Waals surface area contributed by atoms with Gasteiger partial charge in [-0.25, -0.2) is 8.42 Å². The summed E-state index contributed by atoms with van der Waals surface area (Å²) in [5.74, 6) is -0.0870. The van der Waals surface area contributed by atoms with Gasteiger partial charge in [-0.05, 0) is 48.5 Å². The summed E-state index contributed by atoms with van der Waals surface area (Å²) < 4.78 is 27.6. The summed E-state index contributed by atoms with van der Waals surface area (Å²) in [4.78, 5) is 14.4. The van der Waals surface area contributed by atoms with E-state index in [1.807, 2.05) is 12.1 Å². The normalized spacial score (nSPS) is 16.0. The number of amides is 1. The van der Waals surface area contributed by atoms with Gasteiger partial charge in [-0.15, -0.1) is 0 Å². The second kappa shape index (κ2) is 7.45. The molecule has 2 aromatic rings. The second-order valence-corrected chi connectivity index (χ2v) is 8.95. The van der Waals surface area contributed by atoms with E-state index in [2.05, 4.69) is 15.9 Å². The third-order valence-corrected chi connectivity index (χ3v) is 6.76. The molecule has 0 atom stereocenters. The number of hydrogen-bond acceptors (Lipinski definition) is 3. The molecule has 0 radical (unpaired) electrons. The van der Waals surface area contributed by atoms with Crippen molar-refractivity contribution in [3.63, 3.8) is 0 Å². The van der Waals surface area contributed by atoms with Crippen molar-refractivity contribution in [2.24, 2.45) is 0 Å². The van der Waals surface area contributed by atoms with Crippen molar-refractivity contribution >= 4 is 43.5 Å². The molecule has 0 unspecified atom stereocenters. The molecule has 1 aliphatic heterocycles. The maximum Gasteiger partial charge on any atom is 0.253 e. The molecule has 0 saturated carbocycles. The Hall–Kier alpha value is -1.41. The van der Waals surface area contributed by atoms with Crippen molar-refractivity contribution < 1.29 is 13.2 Å². The van der Waals surface area contributed by atoms with E-state index in [9.17, 15) is 13.2 Å². The van der Waals surface area contributed by atoms with Gasteiger partial charge in [-0.1, -0.05) is 27.5 Å². The highest BCUT2D eigenvalue weighted by Crippen LogP contribution is 2.20. The summed E-state index contributed by atoms with van der Waals surface area (Å²) in [6.45, 7) is 1.27. The number of carbonyl (C=O) groups excluding carboxylic acids is 1. The topological polar surface area (TPSA) is 57.7 Å². The van der Waals surface area contributed by atoms with Gasteiger partial charge in [0.05, 0.1) is 4.90 Å². The quantitative estimate of drug-likeness (QED) is 0.732. The molecule has 3 rings (SSSR count). The van der Waals surface area contributed by atoms with Crippen LogP contribution in [0.5, 0.6) is 0 Å². The highest BCUT2D eigenvalue weighted by Gasteiger charge is 2.30. The van der Waals surface area contributed by atoms with Gasteiger partial charge in [-0.2, -0.15) is 4.31 Å². The molecule has 1 heterocycles. The summed E-state index contributed by atoms with van der Waals surface area (Å²) in [5, 5.41) is 0.490. The Morgan fingerprint density at radius 1 is 0.920 bits per heavy atom.